The molecule has 0 aliphatic carbocycles. The number of hydrogen-bond donors (Lipinski definition) is 1. The maximum absolute atomic E-state index is 13.5. The molecule has 1 aromatic heterocycles. The maximum atomic E-state index is 13.5. The number of alkyl halides is 2. The zero-order valence-electron chi connectivity index (χ0n) is 14.3. The van der Waals surface area contributed by atoms with Gasteiger partial charge < -0.3 is 14.0 Å². The molecule has 1 aromatic carbocycles. The summed E-state index contributed by atoms with van der Waals surface area (Å²) in [6.45, 7) is 5.36. The van der Waals surface area contributed by atoms with Gasteiger partial charge in [-0.1, -0.05) is 23.7 Å². The lowest BCUT2D eigenvalue weighted by Crippen LogP contribution is -2.42. The summed E-state index contributed by atoms with van der Waals surface area (Å²) in [4.78, 5) is 4.24. The molecule has 1 aliphatic heterocycles. The minimum atomic E-state index is -3.76. The normalized spacial score (nSPS) is 17.8. The predicted octanol–water partition coefficient (Wildman–Crippen LogP) is 4.20. The molecule has 9 heteroatoms. The topological polar surface area (TPSA) is 66.4 Å². The summed E-state index contributed by atoms with van der Waals surface area (Å²) in [6.07, 6.45) is -2.24. The summed E-state index contributed by atoms with van der Waals surface area (Å²) >= 11 is 4.73. The number of nitrogens with zero attached hydrogens (tertiary/aromatic N) is 1. The fourth-order valence-corrected chi connectivity index (χ4v) is 3.41. The first kappa shape index (κ1) is 19.2. The quantitative estimate of drug-likeness (QED) is 0.776. The number of halogens is 3. The summed E-state index contributed by atoms with van der Waals surface area (Å²) in [5.41, 5.74) is 0.650. The van der Waals surface area contributed by atoms with Crippen LogP contribution in [0.1, 0.15) is 38.1 Å². The summed E-state index contributed by atoms with van der Waals surface area (Å²) < 4.78 is 51.3. The van der Waals surface area contributed by atoms with Crippen LogP contribution in [-0.4, -0.2) is 20.6 Å². The van der Waals surface area contributed by atoms with Crippen molar-refractivity contribution in [3.63, 3.8) is 0 Å². The SMILES string of the molecule is CC(C)(C)[S@@+]([O-])N[C@@H](c1cccc2c1OC(F)(F)O2)c1ncccc1Cl. The van der Waals surface area contributed by atoms with Crippen molar-refractivity contribution in [2.24, 2.45) is 0 Å². The number of benzene rings is 1. The Morgan fingerprint density at radius 2 is 1.96 bits per heavy atom. The van der Waals surface area contributed by atoms with Gasteiger partial charge in [0, 0.05) is 23.1 Å². The highest BCUT2D eigenvalue weighted by atomic mass is 35.5. The van der Waals surface area contributed by atoms with Crippen LogP contribution in [0.4, 0.5) is 8.78 Å². The number of rotatable bonds is 4. The number of aromatic nitrogens is 1. The molecule has 2 aromatic rings. The molecule has 1 N–H and O–H groups in total. The van der Waals surface area contributed by atoms with E-state index in [9.17, 15) is 13.3 Å². The summed E-state index contributed by atoms with van der Waals surface area (Å²) in [6, 6.07) is 6.92. The fraction of sp³-hybridized carbons (Fsp3) is 0.353. The van der Waals surface area contributed by atoms with Gasteiger partial charge in [0.25, 0.3) is 0 Å². The second-order valence-electron chi connectivity index (χ2n) is 6.64. The Morgan fingerprint density at radius 1 is 1.23 bits per heavy atom. The van der Waals surface area contributed by atoms with E-state index in [0.717, 1.165) is 0 Å². The van der Waals surface area contributed by atoms with Crippen LogP contribution < -0.4 is 14.2 Å². The van der Waals surface area contributed by atoms with Crippen molar-refractivity contribution in [3.8, 4) is 11.5 Å². The molecule has 0 radical (unpaired) electrons. The third-order valence-electron chi connectivity index (χ3n) is 3.61. The van der Waals surface area contributed by atoms with Crippen LogP contribution in [0.2, 0.25) is 5.02 Å². The Balaban J connectivity index is 2.09. The summed E-state index contributed by atoms with van der Waals surface area (Å²) in [7, 11) is 0. The largest absolute Gasteiger partial charge is 0.598 e. The van der Waals surface area contributed by atoms with Gasteiger partial charge in [-0.2, -0.15) is 0 Å². The van der Waals surface area contributed by atoms with Crippen molar-refractivity contribution in [1.29, 1.82) is 0 Å². The van der Waals surface area contributed by atoms with Crippen LogP contribution in [0.25, 0.3) is 0 Å². The van der Waals surface area contributed by atoms with Gasteiger partial charge >= 0.3 is 6.29 Å². The summed E-state index contributed by atoms with van der Waals surface area (Å²) in [5.74, 6) is -0.240. The molecule has 140 valence electrons. The van der Waals surface area contributed by atoms with Gasteiger partial charge in [0.2, 0.25) is 0 Å². The highest BCUT2D eigenvalue weighted by Crippen LogP contribution is 2.46. The first-order chi connectivity index (χ1) is 12.1. The van der Waals surface area contributed by atoms with E-state index in [0.29, 0.717) is 16.3 Å². The van der Waals surface area contributed by atoms with E-state index >= 15 is 0 Å². The Bertz CT molecular complexity index is 817. The molecule has 26 heavy (non-hydrogen) atoms. The first-order valence-corrected chi connectivity index (χ1v) is 9.28. The second-order valence-corrected chi connectivity index (χ2v) is 9.05. The molecular formula is C17H17ClF2N2O3S. The van der Waals surface area contributed by atoms with Gasteiger partial charge in [-0.25, -0.2) is 0 Å². The van der Waals surface area contributed by atoms with Crippen LogP contribution >= 0.6 is 11.6 Å². The minimum Gasteiger partial charge on any atom is -0.598 e. The molecule has 2 atom stereocenters. The van der Waals surface area contributed by atoms with Crippen LogP contribution in [0.3, 0.4) is 0 Å². The minimum absolute atomic E-state index is 0.104. The van der Waals surface area contributed by atoms with E-state index in [1.165, 1.54) is 12.3 Å². The molecule has 3 rings (SSSR count). The lowest BCUT2D eigenvalue weighted by molar-refractivity contribution is -0.287. The van der Waals surface area contributed by atoms with Crippen molar-refractivity contribution in [2.75, 3.05) is 0 Å². The third kappa shape index (κ3) is 3.88. The van der Waals surface area contributed by atoms with Gasteiger partial charge in [0.1, 0.15) is 10.8 Å². The Hall–Kier alpha value is -1.61. The molecule has 0 spiro atoms. The van der Waals surface area contributed by atoms with E-state index in [4.69, 9.17) is 11.6 Å². The average Bonchev–Trinajstić information content (AvgIpc) is 2.86. The number of ether oxygens (including phenoxy) is 2. The van der Waals surface area contributed by atoms with E-state index in [2.05, 4.69) is 19.2 Å². The van der Waals surface area contributed by atoms with Crippen LogP contribution in [0.5, 0.6) is 11.5 Å². The Morgan fingerprint density at radius 3 is 2.62 bits per heavy atom. The standard InChI is InChI=1S/C17H17ClF2N2O3S/c1-16(2,3)26(23)22-13(14-11(18)7-5-9-21-14)10-6-4-8-12-15(10)25-17(19,20)24-12/h4-9,13,22H,1-3H3/t13-,26+/m0/s1. The van der Waals surface area contributed by atoms with Gasteiger partial charge in [-0.3, -0.25) is 4.98 Å². The summed E-state index contributed by atoms with van der Waals surface area (Å²) in [5, 5.41) is 0.305. The van der Waals surface area contributed by atoms with Crippen molar-refractivity contribution in [1.82, 2.24) is 9.71 Å². The highest BCUT2D eigenvalue weighted by molar-refractivity contribution is 7.90. The Kier molecular flexibility index (Phi) is 5.04. The van der Waals surface area contributed by atoms with Crippen LogP contribution in [-0.2, 0) is 11.4 Å². The Labute approximate surface area is 158 Å². The van der Waals surface area contributed by atoms with Gasteiger partial charge in [-0.15, -0.1) is 13.5 Å². The number of nitrogens with one attached hydrogen (secondary N) is 1. The monoisotopic (exact) mass is 402 g/mol. The van der Waals surface area contributed by atoms with Crippen molar-refractivity contribution < 1.29 is 22.8 Å². The highest BCUT2D eigenvalue weighted by Gasteiger charge is 2.46. The van der Waals surface area contributed by atoms with Gasteiger partial charge in [0.05, 0.1) is 10.7 Å². The number of hydrogen-bond acceptors (Lipinski definition) is 5. The van der Waals surface area contributed by atoms with Crippen molar-refractivity contribution in [2.45, 2.75) is 37.9 Å². The number of fused-ring (bicyclic) bond motifs is 1. The predicted molar refractivity (Wildman–Crippen MR) is 94.8 cm³/mol. The van der Waals surface area contributed by atoms with Crippen molar-refractivity contribution >= 4 is 23.0 Å². The fourth-order valence-electron chi connectivity index (χ4n) is 2.38. The smallest absolute Gasteiger partial charge is 0.586 e. The molecule has 5 nitrogen and oxygen atoms in total. The van der Waals surface area contributed by atoms with Crippen LogP contribution in [0.15, 0.2) is 36.5 Å². The zero-order chi connectivity index (χ0) is 19.1. The molecule has 0 saturated carbocycles. The zero-order valence-corrected chi connectivity index (χ0v) is 15.8. The van der Waals surface area contributed by atoms with E-state index < -0.39 is 28.4 Å². The molecule has 0 amide bonds. The van der Waals surface area contributed by atoms with Crippen LogP contribution in [0, 0.1) is 0 Å². The molecular weight excluding hydrogens is 386 g/mol. The number of pyridine rings is 1. The average molecular weight is 403 g/mol. The molecule has 1 aliphatic rings. The third-order valence-corrected chi connectivity index (χ3v) is 5.49. The van der Waals surface area contributed by atoms with Gasteiger partial charge in [-0.05, 0) is 39.0 Å². The lowest BCUT2D eigenvalue weighted by Gasteiger charge is -2.28. The molecule has 2 heterocycles. The number of para-hydroxylation sites is 1. The lowest BCUT2D eigenvalue weighted by atomic mass is 10.0. The van der Waals surface area contributed by atoms with E-state index in [-0.39, 0.29) is 11.5 Å². The molecule has 0 saturated heterocycles. The van der Waals surface area contributed by atoms with Crippen molar-refractivity contribution in [3.05, 3.63) is 52.8 Å². The maximum Gasteiger partial charge on any atom is 0.586 e. The first-order valence-electron chi connectivity index (χ1n) is 7.76. The molecule has 0 fully saturated rings. The van der Waals surface area contributed by atoms with E-state index in [1.54, 1.807) is 45.0 Å². The van der Waals surface area contributed by atoms with E-state index in [1.807, 2.05) is 0 Å². The second kappa shape index (κ2) is 6.84. The molecule has 0 unspecified atom stereocenters. The molecule has 0 bridgehead atoms. The van der Waals surface area contributed by atoms with Gasteiger partial charge in [0.15, 0.2) is 11.5 Å².